The van der Waals surface area contributed by atoms with Crippen molar-refractivity contribution >= 4 is 22.5 Å². The number of hydrogen-bond acceptors (Lipinski definition) is 6. The number of hydrogen-bond donors (Lipinski definition) is 3. The number of phenolic OH excluding ortho intramolecular Hbond substituents is 1. The smallest absolute Gasteiger partial charge is 0.238 e. The second-order valence-corrected chi connectivity index (χ2v) is 7.72. The first-order valence-electron chi connectivity index (χ1n) is 10.3. The predicted molar refractivity (Wildman–Crippen MR) is 121 cm³/mol. The third-order valence-electron chi connectivity index (χ3n) is 5.61. The first-order valence-corrected chi connectivity index (χ1v) is 10.3. The fourth-order valence-corrected chi connectivity index (χ4v) is 4.15. The zero-order chi connectivity index (χ0) is 21.4. The Hall–Kier alpha value is -4.05. The Morgan fingerprint density at radius 1 is 1.19 bits per heavy atom. The summed E-state index contributed by atoms with van der Waals surface area (Å²) in [6, 6.07) is 17.2. The molecule has 1 aliphatic heterocycles. The van der Waals surface area contributed by atoms with E-state index in [4.69, 9.17) is 9.97 Å². The largest absolute Gasteiger partial charge is 0.508 e. The fraction of sp³-hybridized carbons (Fsp3) is 0.208. The summed E-state index contributed by atoms with van der Waals surface area (Å²) in [5.74, 6) is 2.43. The number of aromatic nitrogens is 3. The number of fused-ring (bicyclic) bond motifs is 2. The van der Waals surface area contributed by atoms with E-state index in [1.54, 1.807) is 12.1 Å². The average Bonchev–Trinajstić information content (AvgIpc) is 3.13. The van der Waals surface area contributed by atoms with Crippen LogP contribution in [-0.2, 0) is 13.0 Å². The second kappa shape index (κ2) is 7.65. The van der Waals surface area contributed by atoms with Crippen LogP contribution in [0.2, 0.25) is 0 Å². The van der Waals surface area contributed by atoms with E-state index in [-0.39, 0.29) is 5.75 Å². The number of phenols is 1. The fourth-order valence-electron chi connectivity index (χ4n) is 4.15. The van der Waals surface area contributed by atoms with Crippen LogP contribution in [0.3, 0.4) is 0 Å². The molecule has 7 nitrogen and oxygen atoms in total. The molecule has 3 heterocycles. The van der Waals surface area contributed by atoms with Crippen molar-refractivity contribution in [1.82, 2.24) is 14.5 Å². The molecule has 0 saturated carbocycles. The van der Waals surface area contributed by atoms with Gasteiger partial charge in [0.25, 0.3) is 0 Å². The SMILES string of the molecule is Cc1cc2c(C#N)cccc2n1-c1nc2c(c(NCc3cccc(O)c3)n1)CCCN2. The molecule has 2 aromatic heterocycles. The number of nitrogens with zero attached hydrogens (tertiary/aromatic N) is 4. The highest BCUT2D eigenvalue weighted by Crippen LogP contribution is 2.31. The van der Waals surface area contributed by atoms with Crippen LogP contribution in [-0.4, -0.2) is 26.2 Å². The lowest BCUT2D eigenvalue weighted by atomic mass is 10.1. The molecule has 154 valence electrons. The molecule has 0 bridgehead atoms. The van der Waals surface area contributed by atoms with Crippen LogP contribution in [0.5, 0.6) is 5.75 Å². The summed E-state index contributed by atoms with van der Waals surface area (Å²) >= 11 is 0. The van der Waals surface area contributed by atoms with Crippen molar-refractivity contribution in [3.8, 4) is 17.8 Å². The molecule has 0 fully saturated rings. The van der Waals surface area contributed by atoms with E-state index in [9.17, 15) is 10.4 Å². The highest BCUT2D eigenvalue weighted by molar-refractivity contribution is 5.88. The Morgan fingerprint density at radius 3 is 2.90 bits per heavy atom. The maximum atomic E-state index is 9.76. The number of nitriles is 1. The van der Waals surface area contributed by atoms with Crippen LogP contribution in [0.4, 0.5) is 11.6 Å². The van der Waals surface area contributed by atoms with Crippen molar-refractivity contribution in [1.29, 1.82) is 5.26 Å². The predicted octanol–water partition coefficient (Wildman–Crippen LogP) is 4.28. The van der Waals surface area contributed by atoms with Crippen LogP contribution in [0, 0.1) is 18.3 Å². The number of aromatic hydroxyl groups is 1. The minimum Gasteiger partial charge on any atom is -0.508 e. The minimum absolute atomic E-state index is 0.245. The lowest BCUT2D eigenvalue weighted by Crippen LogP contribution is -2.19. The van der Waals surface area contributed by atoms with E-state index in [1.807, 2.05) is 47.9 Å². The first kappa shape index (κ1) is 18.9. The van der Waals surface area contributed by atoms with Crippen LogP contribution >= 0.6 is 0 Å². The van der Waals surface area contributed by atoms with Crippen molar-refractivity contribution in [3.63, 3.8) is 0 Å². The van der Waals surface area contributed by atoms with Gasteiger partial charge in [0.2, 0.25) is 5.95 Å². The summed E-state index contributed by atoms with van der Waals surface area (Å²) in [5, 5.41) is 27.0. The van der Waals surface area contributed by atoms with E-state index in [1.165, 1.54) is 0 Å². The minimum atomic E-state index is 0.245. The van der Waals surface area contributed by atoms with E-state index in [2.05, 4.69) is 16.7 Å². The average molecular weight is 410 g/mol. The topological polar surface area (TPSA) is 98.8 Å². The Morgan fingerprint density at radius 2 is 2.06 bits per heavy atom. The highest BCUT2D eigenvalue weighted by atomic mass is 16.3. The van der Waals surface area contributed by atoms with Gasteiger partial charge in [0, 0.05) is 29.7 Å². The molecule has 3 N–H and O–H groups in total. The van der Waals surface area contributed by atoms with Crippen LogP contribution in [0.1, 0.15) is 28.8 Å². The van der Waals surface area contributed by atoms with Gasteiger partial charge in [0.05, 0.1) is 17.1 Å². The number of rotatable bonds is 4. The Bertz CT molecular complexity index is 1330. The van der Waals surface area contributed by atoms with Gasteiger partial charge in [-0.1, -0.05) is 18.2 Å². The monoisotopic (exact) mass is 410 g/mol. The Kier molecular flexibility index (Phi) is 4.68. The number of benzene rings is 2. The highest BCUT2D eigenvalue weighted by Gasteiger charge is 2.20. The maximum Gasteiger partial charge on any atom is 0.238 e. The molecule has 1 aliphatic rings. The molecule has 4 aromatic rings. The van der Waals surface area contributed by atoms with E-state index in [0.717, 1.165) is 58.7 Å². The van der Waals surface area contributed by atoms with Gasteiger partial charge >= 0.3 is 0 Å². The first-order chi connectivity index (χ1) is 15.1. The summed E-state index contributed by atoms with van der Waals surface area (Å²) in [4.78, 5) is 9.72. The molecule has 0 amide bonds. The number of nitrogens with one attached hydrogen (secondary N) is 2. The van der Waals surface area contributed by atoms with Gasteiger partial charge in [-0.3, -0.25) is 4.57 Å². The van der Waals surface area contributed by atoms with Gasteiger partial charge in [-0.2, -0.15) is 15.2 Å². The van der Waals surface area contributed by atoms with Crippen LogP contribution in [0.25, 0.3) is 16.9 Å². The van der Waals surface area contributed by atoms with Crippen molar-refractivity contribution < 1.29 is 5.11 Å². The normalized spacial score (nSPS) is 12.8. The molecule has 0 atom stereocenters. The van der Waals surface area contributed by atoms with Crippen molar-refractivity contribution in [2.45, 2.75) is 26.3 Å². The van der Waals surface area contributed by atoms with Gasteiger partial charge in [-0.25, -0.2) is 0 Å². The van der Waals surface area contributed by atoms with E-state index >= 15 is 0 Å². The standard InChI is InChI=1S/C24H22N6O/c1-15-11-20-17(13-25)6-3-9-21(20)30(15)24-28-22-19(8-4-10-26-22)23(29-24)27-14-16-5-2-7-18(31)12-16/h2-3,5-7,9,11-12,31H,4,8,10,14H2,1H3,(H2,26,27,28,29). The van der Waals surface area contributed by atoms with E-state index < -0.39 is 0 Å². The van der Waals surface area contributed by atoms with Crippen LogP contribution < -0.4 is 10.6 Å². The number of anilines is 2. The number of aryl methyl sites for hydroxylation is 1. The van der Waals surface area contributed by atoms with Crippen LogP contribution in [0.15, 0.2) is 48.5 Å². The summed E-state index contributed by atoms with van der Waals surface area (Å²) in [5.41, 5.74) is 4.55. The summed E-state index contributed by atoms with van der Waals surface area (Å²) in [6.07, 6.45) is 1.92. The summed E-state index contributed by atoms with van der Waals surface area (Å²) in [6.45, 7) is 3.41. The van der Waals surface area contributed by atoms with E-state index in [0.29, 0.717) is 18.1 Å². The third-order valence-corrected chi connectivity index (χ3v) is 5.61. The maximum absolute atomic E-state index is 9.76. The zero-order valence-electron chi connectivity index (χ0n) is 17.2. The van der Waals surface area contributed by atoms with Gasteiger partial charge in [0.15, 0.2) is 0 Å². The molecule has 0 saturated heterocycles. The molecule has 0 spiro atoms. The van der Waals surface area contributed by atoms with Crippen molar-refractivity contribution in [3.05, 3.63) is 70.9 Å². The van der Waals surface area contributed by atoms with Crippen molar-refractivity contribution in [2.75, 3.05) is 17.2 Å². The quantitative estimate of drug-likeness (QED) is 0.465. The molecule has 0 aliphatic carbocycles. The Labute approximate surface area is 180 Å². The van der Waals surface area contributed by atoms with Gasteiger partial charge < -0.3 is 15.7 Å². The lowest BCUT2D eigenvalue weighted by molar-refractivity contribution is 0.474. The Balaban J connectivity index is 1.61. The van der Waals surface area contributed by atoms with Gasteiger partial charge in [-0.05, 0) is 55.7 Å². The summed E-state index contributed by atoms with van der Waals surface area (Å²) < 4.78 is 1.99. The molecule has 0 radical (unpaired) electrons. The lowest BCUT2D eigenvalue weighted by Gasteiger charge is -2.22. The second-order valence-electron chi connectivity index (χ2n) is 7.72. The summed E-state index contributed by atoms with van der Waals surface area (Å²) in [7, 11) is 0. The molecule has 7 heteroatoms. The molecule has 0 unspecified atom stereocenters. The molecular formula is C24H22N6O. The van der Waals surface area contributed by atoms with Gasteiger partial charge in [-0.15, -0.1) is 0 Å². The third kappa shape index (κ3) is 3.42. The zero-order valence-corrected chi connectivity index (χ0v) is 17.2. The van der Waals surface area contributed by atoms with Crippen molar-refractivity contribution in [2.24, 2.45) is 0 Å². The molecule has 5 rings (SSSR count). The molecule has 2 aromatic carbocycles. The molecule has 31 heavy (non-hydrogen) atoms. The molecular weight excluding hydrogens is 388 g/mol. The van der Waals surface area contributed by atoms with Gasteiger partial charge in [0.1, 0.15) is 17.4 Å².